The first kappa shape index (κ1) is 29.3. The number of benzene rings is 1. The fraction of sp³-hybridized carbons (Fsp3) is 0.750. The number of methoxy groups -OCH3 is 1. The molecule has 0 bridgehead atoms. The van der Waals surface area contributed by atoms with Gasteiger partial charge in [-0.1, -0.05) is 0 Å². The smallest absolute Gasteiger partial charge is 0.248 e. The second-order valence-electron chi connectivity index (χ2n) is 11.3. The van der Waals surface area contributed by atoms with Gasteiger partial charge in [0.1, 0.15) is 12.4 Å². The number of ether oxygens (including phenoxy) is 2. The molecule has 38 heavy (non-hydrogen) atoms. The zero-order chi connectivity index (χ0) is 27.4. The molecule has 1 aliphatic heterocycles. The average molecular weight is 551 g/mol. The lowest BCUT2D eigenvalue weighted by atomic mass is 9.88. The largest absolute Gasteiger partial charge is 0.497 e. The molecule has 1 aromatic rings. The molecule has 0 spiro atoms. The van der Waals surface area contributed by atoms with E-state index in [1.165, 1.54) is 36.7 Å². The van der Waals surface area contributed by atoms with E-state index >= 15 is 0 Å². The number of carbonyl (C=O) groups is 1. The Bertz CT molecular complexity index is 1050. The molecule has 2 atom stereocenters. The van der Waals surface area contributed by atoms with Crippen molar-refractivity contribution < 1.29 is 22.7 Å². The van der Waals surface area contributed by atoms with Crippen LogP contribution in [-0.2, 0) is 19.6 Å². The van der Waals surface area contributed by atoms with Crippen LogP contribution in [0.15, 0.2) is 17.0 Å². The van der Waals surface area contributed by atoms with E-state index in [4.69, 9.17) is 9.47 Å². The summed E-state index contributed by atoms with van der Waals surface area (Å²) in [7, 11) is 1.31. The molecule has 0 N–H and O–H groups in total. The molecule has 1 heterocycles. The minimum absolute atomic E-state index is 0.0355. The van der Waals surface area contributed by atoms with Crippen molar-refractivity contribution >= 4 is 15.9 Å². The van der Waals surface area contributed by atoms with Gasteiger partial charge in [-0.15, -0.1) is 0 Å². The Kier molecular flexibility index (Phi) is 9.73. The van der Waals surface area contributed by atoms with Crippen LogP contribution < -0.4 is 4.74 Å². The molecule has 0 radical (unpaired) electrons. The molecule has 10 heteroatoms. The van der Waals surface area contributed by atoms with Crippen LogP contribution in [0.1, 0.15) is 49.7 Å². The van der Waals surface area contributed by atoms with E-state index in [2.05, 4.69) is 9.80 Å². The van der Waals surface area contributed by atoms with Crippen LogP contribution in [0.2, 0.25) is 0 Å². The first-order chi connectivity index (χ1) is 18.1. The number of likely N-dealkylation sites (N-methyl/N-ethyl adjacent to an activating group) is 2. The zero-order valence-corrected chi connectivity index (χ0v) is 24.6. The number of aryl methyl sites for hydroxylation is 2. The molecule has 1 saturated heterocycles. The van der Waals surface area contributed by atoms with Crippen molar-refractivity contribution in [2.24, 2.45) is 0 Å². The van der Waals surface area contributed by atoms with Crippen LogP contribution in [0.5, 0.6) is 5.75 Å². The van der Waals surface area contributed by atoms with E-state index in [9.17, 15) is 13.2 Å². The van der Waals surface area contributed by atoms with Gasteiger partial charge in [0.15, 0.2) is 0 Å². The monoisotopic (exact) mass is 550 g/mol. The zero-order valence-electron chi connectivity index (χ0n) is 23.8. The second-order valence-corrected chi connectivity index (χ2v) is 13.2. The van der Waals surface area contributed by atoms with Crippen molar-refractivity contribution in [3.05, 3.63) is 23.3 Å². The van der Waals surface area contributed by atoms with E-state index < -0.39 is 10.0 Å². The molecule has 0 aromatic heterocycles. The summed E-state index contributed by atoms with van der Waals surface area (Å²) < 4.78 is 38.6. The Morgan fingerprint density at radius 2 is 1.58 bits per heavy atom. The van der Waals surface area contributed by atoms with Crippen molar-refractivity contribution in [3.8, 4) is 5.75 Å². The van der Waals surface area contributed by atoms with Crippen molar-refractivity contribution in [1.29, 1.82) is 0 Å². The van der Waals surface area contributed by atoms with Crippen molar-refractivity contribution in [2.45, 2.75) is 75.4 Å². The van der Waals surface area contributed by atoms with Gasteiger partial charge in [0.2, 0.25) is 15.9 Å². The van der Waals surface area contributed by atoms with Gasteiger partial charge in [-0.25, -0.2) is 8.42 Å². The van der Waals surface area contributed by atoms with Gasteiger partial charge in [0, 0.05) is 64.9 Å². The summed E-state index contributed by atoms with van der Waals surface area (Å²) in [6.07, 6.45) is 7.15. The number of amides is 1. The highest BCUT2D eigenvalue weighted by Gasteiger charge is 2.35. The summed E-state index contributed by atoms with van der Waals surface area (Å²) in [4.78, 5) is 20.3. The van der Waals surface area contributed by atoms with Gasteiger partial charge in [-0.2, -0.15) is 4.31 Å². The van der Waals surface area contributed by atoms with Gasteiger partial charge in [-0.3, -0.25) is 14.6 Å². The van der Waals surface area contributed by atoms with E-state index in [0.717, 1.165) is 38.4 Å². The molecule has 2 saturated carbocycles. The molecule has 214 valence electrons. The van der Waals surface area contributed by atoms with Crippen molar-refractivity contribution in [2.75, 3.05) is 67.1 Å². The number of piperazine rings is 1. The standard InChI is InChI=1S/C28H46N4O5S/c1-21-17-26(36-5)18-22(2)28(21)38(34,35)29(3)15-16-37-20-27(33)30(4)24-7-6-8-25(19-24)32-13-11-31(12-14-32)23-9-10-23/h17-18,23-25H,6-16,19-20H2,1-5H3. The lowest BCUT2D eigenvalue weighted by molar-refractivity contribution is -0.138. The first-order valence-corrected chi connectivity index (χ1v) is 15.5. The molecule has 1 aromatic carbocycles. The molecule has 2 aliphatic carbocycles. The Balaban J connectivity index is 1.21. The Hall–Kier alpha value is -1.72. The third-order valence-electron chi connectivity index (χ3n) is 8.60. The minimum atomic E-state index is -3.69. The SMILES string of the molecule is COc1cc(C)c(S(=O)(=O)N(C)CCOCC(=O)N(C)C2CCCC(N3CCN(C4CC4)CC3)C2)c(C)c1. The minimum Gasteiger partial charge on any atom is -0.497 e. The predicted molar refractivity (Wildman–Crippen MR) is 148 cm³/mol. The maximum atomic E-state index is 13.2. The van der Waals surface area contributed by atoms with Gasteiger partial charge in [0.05, 0.1) is 18.6 Å². The second kappa shape index (κ2) is 12.6. The fourth-order valence-electron chi connectivity index (χ4n) is 6.10. The van der Waals surface area contributed by atoms with Gasteiger partial charge >= 0.3 is 0 Å². The van der Waals surface area contributed by atoms with E-state index in [1.807, 2.05) is 11.9 Å². The molecule has 9 nitrogen and oxygen atoms in total. The third-order valence-corrected chi connectivity index (χ3v) is 10.8. The van der Waals surface area contributed by atoms with E-state index in [-0.39, 0.29) is 36.6 Å². The number of hydrogen-bond acceptors (Lipinski definition) is 7. The summed E-state index contributed by atoms with van der Waals surface area (Å²) in [5.41, 5.74) is 1.28. The lowest BCUT2D eigenvalue weighted by Gasteiger charge is -2.44. The Morgan fingerprint density at radius 3 is 2.16 bits per heavy atom. The normalized spacial score (nSPS) is 23.5. The highest BCUT2D eigenvalue weighted by Crippen LogP contribution is 2.31. The van der Waals surface area contributed by atoms with Gasteiger partial charge < -0.3 is 14.4 Å². The lowest BCUT2D eigenvalue weighted by Crippen LogP contribution is -2.54. The summed E-state index contributed by atoms with van der Waals surface area (Å²) >= 11 is 0. The molecular weight excluding hydrogens is 504 g/mol. The van der Waals surface area contributed by atoms with Crippen LogP contribution in [0.25, 0.3) is 0 Å². The average Bonchev–Trinajstić information content (AvgIpc) is 3.75. The number of carbonyl (C=O) groups excluding carboxylic acids is 1. The van der Waals surface area contributed by atoms with Gasteiger partial charge in [-0.05, 0) is 75.6 Å². The number of rotatable bonds is 11. The summed E-state index contributed by atoms with van der Waals surface area (Å²) in [6.45, 7) is 8.46. The Morgan fingerprint density at radius 1 is 0.974 bits per heavy atom. The molecule has 4 rings (SSSR count). The summed E-state index contributed by atoms with van der Waals surface area (Å²) in [5.74, 6) is 0.592. The van der Waals surface area contributed by atoms with Crippen LogP contribution in [-0.4, -0.2) is 119 Å². The fourth-order valence-corrected chi connectivity index (χ4v) is 7.66. The summed E-state index contributed by atoms with van der Waals surface area (Å²) in [6, 6.07) is 5.08. The van der Waals surface area contributed by atoms with Crippen LogP contribution in [0, 0.1) is 13.8 Å². The number of hydrogen-bond donors (Lipinski definition) is 0. The summed E-state index contributed by atoms with van der Waals surface area (Å²) in [5, 5.41) is 0. The molecular formula is C28H46N4O5S. The highest BCUT2D eigenvalue weighted by molar-refractivity contribution is 7.89. The predicted octanol–water partition coefficient (Wildman–Crippen LogP) is 2.50. The molecule has 3 fully saturated rings. The van der Waals surface area contributed by atoms with E-state index in [0.29, 0.717) is 22.9 Å². The Labute approximate surface area is 229 Å². The van der Waals surface area contributed by atoms with Crippen LogP contribution in [0.4, 0.5) is 0 Å². The molecule has 3 aliphatic rings. The maximum Gasteiger partial charge on any atom is 0.248 e. The van der Waals surface area contributed by atoms with Gasteiger partial charge in [0.25, 0.3) is 0 Å². The quantitative estimate of drug-likeness (QED) is 0.392. The maximum absolute atomic E-state index is 13.2. The highest BCUT2D eigenvalue weighted by atomic mass is 32.2. The van der Waals surface area contributed by atoms with Crippen LogP contribution >= 0.6 is 0 Å². The first-order valence-electron chi connectivity index (χ1n) is 14.0. The third kappa shape index (κ3) is 6.88. The molecule has 2 unspecified atom stereocenters. The number of nitrogens with zero attached hydrogens (tertiary/aromatic N) is 4. The topological polar surface area (TPSA) is 82.6 Å². The molecule has 1 amide bonds. The van der Waals surface area contributed by atoms with Crippen molar-refractivity contribution in [3.63, 3.8) is 0 Å². The van der Waals surface area contributed by atoms with Crippen molar-refractivity contribution in [1.82, 2.24) is 19.0 Å². The van der Waals surface area contributed by atoms with Crippen LogP contribution in [0.3, 0.4) is 0 Å². The van der Waals surface area contributed by atoms with E-state index in [1.54, 1.807) is 40.1 Å². The number of sulfonamides is 1.